The number of rotatable bonds is 6. The molecule has 0 saturated heterocycles. The number of hydrogen-bond acceptors (Lipinski definition) is 3. The molecule has 0 fully saturated rings. The minimum absolute atomic E-state index is 0.0455. The van der Waals surface area contributed by atoms with Crippen LogP contribution in [-0.4, -0.2) is 30.1 Å². The number of hydrogen-bond donors (Lipinski definition) is 2. The zero-order valence-corrected chi connectivity index (χ0v) is 11.6. The van der Waals surface area contributed by atoms with E-state index < -0.39 is 5.82 Å². The number of aliphatic hydroxyl groups is 1. The number of benzene rings is 1. The van der Waals surface area contributed by atoms with Gasteiger partial charge in [0, 0.05) is 18.2 Å². The predicted octanol–water partition coefficient (Wildman–Crippen LogP) is 1.67. The fourth-order valence-corrected chi connectivity index (χ4v) is 1.93. The maximum Gasteiger partial charge on any atom is 0.239 e. The average Bonchev–Trinajstić information content (AvgIpc) is 2.35. The third kappa shape index (κ3) is 4.21. The lowest BCUT2D eigenvalue weighted by Crippen LogP contribution is -2.40. The molecule has 19 heavy (non-hydrogen) atoms. The van der Waals surface area contributed by atoms with Crippen molar-refractivity contribution in [3.05, 3.63) is 29.6 Å². The predicted molar refractivity (Wildman–Crippen MR) is 73.5 cm³/mol. The van der Waals surface area contributed by atoms with Gasteiger partial charge in [-0.05, 0) is 26.8 Å². The highest BCUT2D eigenvalue weighted by Crippen LogP contribution is 2.24. The first-order valence-electron chi connectivity index (χ1n) is 6.42. The first-order valence-corrected chi connectivity index (χ1v) is 6.42. The highest BCUT2D eigenvalue weighted by Gasteiger charge is 2.17. The van der Waals surface area contributed by atoms with Gasteiger partial charge < -0.3 is 15.3 Å². The van der Waals surface area contributed by atoms with Crippen LogP contribution in [0.1, 0.15) is 26.3 Å². The summed E-state index contributed by atoms with van der Waals surface area (Å²) in [6.45, 7) is 5.89. The van der Waals surface area contributed by atoms with Crippen molar-refractivity contribution in [2.45, 2.75) is 33.4 Å². The zero-order chi connectivity index (χ0) is 14.4. The molecular formula is C14H21FN2O2. The molecule has 1 aromatic carbocycles. The van der Waals surface area contributed by atoms with Crippen LogP contribution in [0, 0.1) is 5.82 Å². The van der Waals surface area contributed by atoms with Gasteiger partial charge in [0.15, 0.2) is 0 Å². The maximum atomic E-state index is 13.9. The summed E-state index contributed by atoms with van der Waals surface area (Å²) in [5.41, 5.74) is 0.783. The molecule has 0 saturated carbocycles. The molecule has 0 aromatic heterocycles. The number of likely N-dealkylation sites (N-methyl/N-ethyl adjacent to an activating group) is 1. The van der Waals surface area contributed by atoms with Crippen molar-refractivity contribution in [1.82, 2.24) is 5.32 Å². The maximum absolute atomic E-state index is 13.9. The SMILES string of the molecule is CCN(CC(=O)NC(C)C)c1c(F)cccc1CO. The number of nitrogens with zero attached hydrogens (tertiary/aromatic N) is 1. The van der Waals surface area contributed by atoms with E-state index in [-0.39, 0.29) is 25.1 Å². The van der Waals surface area contributed by atoms with Gasteiger partial charge >= 0.3 is 0 Å². The standard InChI is InChI=1S/C14H21FN2O2/c1-4-17(8-13(19)16-10(2)3)14-11(9-18)6-5-7-12(14)15/h5-7,10,18H,4,8-9H2,1-3H3,(H,16,19). The van der Waals surface area contributed by atoms with Crippen molar-refractivity contribution in [3.8, 4) is 0 Å². The van der Waals surface area contributed by atoms with Gasteiger partial charge in [-0.2, -0.15) is 0 Å². The molecule has 1 rings (SSSR count). The number of carbonyl (C=O) groups excluding carboxylic acids is 1. The first kappa shape index (κ1) is 15.4. The van der Waals surface area contributed by atoms with Crippen molar-refractivity contribution in [3.63, 3.8) is 0 Å². The van der Waals surface area contributed by atoms with Gasteiger partial charge in [-0.15, -0.1) is 0 Å². The fourth-order valence-electron chi connectivity index (χ4n) is 1.93. The van der Waals surface area contributed by atoms with Crippen LogP contribution in [-0.2, 0) is 11.4 Å². The molecule has 0 bridgehead atoms. The van der Waals surface area contributed by atoms with Gasteiger partial charge in [0.2, 0.25) is 5.91 Å². The zero-order valence-electron chi connectivity index (χ0n) is 11.6. The Kier molecular flexibility index (Phi) is 5.76. The summed E-state index contributed by atoms with van der Waals surface area (Å²) in [5.74, 6) is -0.588. The topological polar surface area (TPSA) is 52.6 Å². The Morgan fingerprint density at radius 2 is 2.16 bits per heavy atom. The summed E-state index contributed by atoms with van der Waals surface area (Å²) in [6.07, 6.45) is 0. The molecule has 2 N–H and O–H groups in total. The van der Waals surface area contributed by atoms with Crippen molar-refractivity contribution in [1.29, 1.82) is 0 Å². The number of carbonyl (C=O) groups is 1. The Labute approximate surface area is 113 Å². The Balaban J connectivity index is 2.94. The Morgan fingerprint density at radius 1 is 1.47 bits per heavy atom. The van der Waals surface area contributed by atoms with Crippen LogP contribution in [0.25, 0.3) is 0 Å². The van der Waals surface area contributed by atoms with E-state index in [1.807, 2.05) is 20.8 Å². The Hall–Kier alpha value is -1.62. The van der Waals surface area contributed by atoms with Crippen LogP contribution in [0.5, 0.6) is 0 Å². The van der Waals surface area contributed by atoms with E-state index in [0.29, 0.717) is 17.8 Å². The lowest BCUT2D eigenvalue weighted by atomic mass is 10.1. The van der Waals surface area contributed by atoms with Crippen LogP contribution >= 0.6 is 0 Å². The fraction of sp³-hybridized carbons (Fsp3) is 0.500. The number of halogens is 1. The Morgan fingerprint density at radius 3 is 2.68 bits per heavy atom. The van der Waals surface area contributed by atoms with E-state index in [1.165, 1.54) is 6.07 Å². The van der Waals surface area contributed by atoms with Gasteiger partial charge in [0.1, 0.15) is 5.82 Å². The van der Waals surface area contributed by atoms with Gasteiger partial charge in [-0.1, -0.05) is 12.1 Å². The van der Waals surface area contributed by atoms with Gasteiger partial charge in [0.05, 0.1) is 18.8 Å². The quantitative estimate of drug-likeness (QED) is 0.825. The molecule has 0 atom stereocenters. The molecule has 1 aromatic rings. The molecule has 0 aliphatic rings. The van der Waals surface area contributed by atoms with Gasteiger partial charge in [-0.3, -0.25) is 4.79 Å². The molecule has 0 radical (unpaired) electrons. The lowest BCUT2D eigenvalue weighted by Gasteiger charge is -2.25. The molecule has 0 heterocycles. The second-order valence-corrected chi connectivity index (χ2v) is 4.64. The number of anilines is 1. The largest absolute Gasteiger partial charge is 0.392 e. The number of nitrogens with one attached hydrogen (secondary N) is 1. The number of aliphatic hydroxyl groups excluding tert-OH is 1. The molecule has 5 heteroatoms. The molecule has 0 aliphatic heterocycles. The molecule has 106 valence electrons. The van der Waals surface area contributed by atoms with Crippen molar-refractivity contribution in [2.24, 2.45) is 0 Å². The number of para-hydroxylation sites is 1. The summed E-state index contributed by atoms with van der Waals surface area (Å²) in [5, 5.41) is 12.0. The van der Waals surface area contributed by atoms with Crippen LogP contribution in [0.2, 0.25) is 0 Å². The smallest absolute Gasteiger partial charge is 0.239 e. The monoisotopic (exact) mass is 268 g/mol. The molecule has 0 spiro atoms. The van der Waals surface area contributed by atoms with E-state index in [2.05, 4.69) is 5.32 Å². The Bertz CT molecular complexity index is 435. The van der Waals surface area contributed by atoms with E-state index in [4.69, 9.17) is 0 Å². The number of amides is 1. The van der Waals surface area contributed by atoms with Crippen LogP contribution in [0.4, 0.5) is 10.1 Å². The molecule has 4 nitrogen and oxygen atoms in total. The second-order valence-electron chi connectivity index (χ2n) is 4.64. The first-order chi connectivity index (χ1) is 8.99. The van der Waals surface area contributed by atoms with Gasteiger partial charge in [0.25, 0.3) is 0 Å². The van der Waals surface area contributed by atoms with Gasteiger partial charge in [-0.25, -0.2) is 4.39 Å². The lowest BCUT2D eigenvalue weighted by molar-refractivity contribution is -0.120. The molecule has 0 unspecified atom stereocenters. The van der Waals surface area contributed by atoms with Crippen molar-refractivity contribution in [2.75, 3.05) is 18.0 Å². The summed E-state index contributed by atoms with van der Waals surface area (Å²) in [7, 11) is 0. The van der Waals surface area contributed by atoms with Crippen LogP contribution < -0.4 is 10.2 Å². The third-order valence-electron chi connectivity index (χ3n) is 2.72. The van der Waals surface area contributed by atoms with E-state index in [1.54, 1.807) is 17.0 Å². The summed E-state index contributed by atoms with van der Waals surface area (Å²) in [6, 6.07) is 4.58. The highest BCUT2D eigenvalue weighted by molar-refractivity contribution is 5.82. The third-order valence-corrected chi connectivity index (χ3v) is 2.72. The van der Waals surface area contributed by atoms with E-state index in [0.717, 1.165) is 0 Å². The van der Waals surface area contributed by atoms with E-state index >= 15 is 0 Å². The minimum Gasteiger partial charge on any atom is -0.392 e. The average molecular weight is 268 g/mol. The summed E-state index contributed by atoms with van der Waals surface area (Å²) >= 11 is 0. The van der Waals surface area contributed by atoms with Crippen molar-refractivity contribution >= 4 is 11.6 Å². The molecule has 0 aliphatic carbocycles. The van der Waals surface area contributed by atoms with Crippen LogP contribution in [0.3, 0.4) is 0 Å². The molecule has 1 amide bonds. The summed E-state index contributed by atoms with van der Waals surface area (Å²) in [4.78, 5) is 13.4. The second kappa shape index (κ2) is 7.09. The summed E-state index contributed by atoms with van der Waals surface area (Å²) < 4.78 is 13.9. The van der Waals surface area contributed by atoms with Crippen LogP contribution in [0.15, 0.2) is 18.2 Å². The molecular weight excluding hydrogens is 247 g/mol. The van der Waals surface area contributed by atoms with E-state index in [9.17, 15) is 14.3 Å². The normalized spacial score (nSPS) is 10.6. The minimum atomic E-state index is -0.425. The van der Waals surface area contributed by atoms with Crippen molar-refractivity contribution < 1.29 is 14.3 Å². The highest BCUT2D eigenvalue weighted by atomic mass is 19.1.